The highest BCUT2D eigenvalue weighted by atomic mass is 35.7. The van der Waals surface area contributed by atoms with Gasteiger partial charge in [-0.05, 0) is 12.1 Å². The molecule has 1 heterocycles. The highest BCUT2D eigenvalue weighted by Crippen LogP contribution is 2.14. The van der Waals surface area contributed by atoms with Crippen LogP contribution < -0.4 is 0 Å². The lowest BCUT2D eigenvalue weighted by Crippen LogP contribution is -1.97. The Morgan fingerprint density at radius 1 is 1.12 bits per heavy atom. The summed E-state index contributed by atoms with van der Waals surface area (Å²) in [5, 5.41) is 0.980. The molecular weight excluding hydrogens is 269 g/mol. The summed E-state index contributed by atoms with van der Waals surface area (Å²) >= 11 is 0. The van der Waals surface area contributed by atoms with Crippen LogP contribution in [0, 0.1) is 0 Å². The molecule has 0 aliphatic rings. The molecule has 16 heavy (non-hydrogen) atoms. The van der Waals surface area contributed by atoms with Gasteiger partial charge in [-0.2, -0.15) is 0 Å². The Kier molecular flexibility index (Phi) is 4.13. The van der Waals surface area contributed by atoms with Crippen LogP contribution in [0.5, 0.6) is 0 Å². The van der Waals surface area contributed by atoms with Crippen LogP contribution in [0.4, 0.5) is 0 Å². The first-order valence-corrected chi connectivity index (χ1v) is 6.79. The summed E-state index contributed by atoms with van der Waals surface area (Å²) in [6, 6.07) is 11.0. The monoisotopic (exact) mass is 277 g/mol. The molecule has 1 aromatic heterocycles. The van der Waals surface area contributed by atoms with E-state index in [1.165, 1.54) is 0 Å². The maximum Gasteiger partial charge on any atom is 0.238 e. The van der Waals surface area contributed by atoms with Crippen molar-refractivity contribution in [2.45, 2.75) is 5.75 Å². The standard InChI is InChI=1S/C10H8ClNO2S.ClH/c11-15(13,14)7-9-6-5-8-3-1-2-4-10(8)12-9;/h1-6H,7H2;1H. The zero-order chi connectivity index (χ0) is 10.9. The van der Waals surface area contributed by atoms with E-state index in [9.17, 15) is 8.42 Å². The first-order chi connectivity index (χ1) is 7.04. The molecule has 0 saturated carbocycles. The second-order valence-corrected chi connectivity index (χ2v) is 5.96. The third-order valence-corrected chi connectivity index (χ3v) is 2.94. The molecule has 0 bridgehead atoms. The van der Waals surface area contributed by atoms with Crippen LogP contribution in [0.3, 0.4) is 0 Å². The Balaban J connectivity index is 0.00000128. The second-order valence-electron chi connectivity index (χ2n) is 3.18. The fourth-order valence-electron chi connectivity index (χ4n) is 1.37. The van der Waals surface area contributed by atoms with Crippen molar-refractivity contribution in [2.24, 2.45) is 0 Å². The molecule has 0 amide bonds. The predicted molar refractivity (Wildman–Crippen MR) is 67.5 cm³/mol. The molecule has 0 radical (unpaired) electrons. The second kappa shape index (κ2) is 4.99. The Bertz CT molecular complexity index is 599. The molecule has 2 aromatic rings. The van der Waals surface area contributed by atoms with E-state index < -0.39 is 9.05 Å². The van der Waals surface area contributed by atoms with Crippen molar-refractivity contribution in [2.75, 3.05) is 0 Å². The zero-order valence-electron chi connectivity index (χ0n) is 8.13. The van der Waals surface area contributed by atoms with Crippen molar-refractivity contribution in [3.05, 3.63) is 42.1 Å². The summed E-state index contributed by atoms with van der Waals surface area (Å²) in [7, 11) is 1.61. The number of aromatic nitrogens is 1. The number of pyridine rings is 1. The van der Waals surface area contributed by atoms with E-state index in [0.717, 1.165) is 10.9 Å². The maximum absolute atomic E-state index is 10.9. The van der Waals surface area contributed by atoms with Crippen LogP contribution in [-0.4, -0.2) is 13.4 Å². The summed E-state index contributed by atoms with van der Waals surface area (Å²) in [6.07, 6.45) is 0. The van der Waals surface area contributed by atoms with Crippen molar-refractivity contribution >= 4 is 43.0 Å². The van der Waals surface area contributed by atoms with Crippen molar-refractivity contribution in [1.29, 1.82) is 0 Å². The molecular formula is C10H9Cl2NO2S. The molecule has 1 aromatic carbocycles. The van der Waals surface area contributed by atoms with Gasteiger partial charge in [0.25, 0.3) is 0 Å². The SMILES string of the molecule is Cl.O=S(=O)(Cl)Cc1ccc2ccccc2n1. The summed E-state index contributed by atoms with van der Waals surface area (Å²) in [4.78, 5) is 4.20. The summed E-state index contributed by atoms with van der Waals surface area (Å²) in [6.45, 7) is 0. The van der Waals surface area contributed by atoms with Gasteiger partial charge in [0.05, 0.1) is 11.2 Å². The summed E-state index contributed by atoms with van der Waals surface area (Å²) < 4.78 is 21.7. The van der Waals surface area contributed by atoms with E-state index >= 15 is 0 Å². The van der Waals surface area contributed by atoms with Crippen LogP contribution >= 0.6 is 23.1 Å². The number of hydrogen-bond donors (Lipinski definition) is 0. The Morgan fingerprint density at radius 2 is 1.81 bits per heavy atom. The van der Waals surface area contributed by atoms with E-state index in [2.05, 4.69) is 4.98 Å². The molecule has 0 unspecified atom stereocenters. The molecule has 0 fully saturated rings. The van der Waals surface area contributed by atoms with Gasteiger partial charge in [-0.25, -0.2) is 8.42 Å². The van der Waals surface area contributed by atoms with Gasteiger partial charge in [-0.3, -0.25) is 4.98 Å². The number of nitrogens with zero attached hydrogens (tertiary/aromatic N) is 1. The van der Waals surface area contributed by atoms with Gasteiger partial charge in [0.1, 0.15) is 5.75 Å². The number of hydrogen-bond acceptors (Lipinski definition) is 3. The van der Waals surface area contributed by atoms with Crippen LogP contribution in [0.25, 0.3) is 10.9 Å². The topological polar surface area (TPSA) is 47.0 Å². The maximum atomic E-state index is 10.9. The summed E-state index contributed by atoms with van der Waals surface area (Å²) in [5.41, 5.74) is 1.24. The molecule has 0 aliphatic carbocycles. The van der Waals surface area contributed by atoms with Gasteiger partial charge in [0.2, 0.25) is 9.05 Å². The first kappa shape index (κ1) is 13.2. The van der Waals surface area contributed by atoms with E-state index in [0.29, 0.717) is 5.69 Å². The summed E-state index contributed by atoms with van der Waals surface area (Å²) in [5.74, 6) is -0.237. The third-order valence-electron chi connectivity index (χ3n) is 1.98. The Hall–Kier alpha value is -0.840. The normalized spacial score (nSPS) is 11.1. The number of benzene rings is 1. The number of para-hydroxylation sites is 1. The van der Waals surface area contributed by atoms with E-state index in [1.807, 2.05) is 30.3 Å². The molecule has 3 nitrogen and oxygen atoms in total. The molecule has 0 atom stereocenters. The minimum absolute atomic E-state index is 0. The fraction of sp³-hybridized carbons (Fsp3) is 0.100. The number of fused-ring (bicyclic) bond motifs is 1. The average molecular weight is 278 g/mol. The van der Waals surface area contributed by atoms with Crippen molar-refractivity contribution in [3.63, 3.8) is 0 Å². The predicted octanol–water partition coefficient (Wildman–Crippen LogP) is 2.73. The molecule has 6 heteroatoms. The number of rotatable bonds is 2. The quantitative estimate of drug-likeness (QED) is 0.793. The van der Waals surface area contributed by atoms with E-state index in [4.69, 9.17) is 10.7 Å². The van der Waals surface area contributed by atoms with Gasteiger partial charge in [0.15, 0.2) is 0 Å². The lowest BCUT2D eigenvalue weighted by molar-refractivity contribution is 0.608. The fourth-order valence-corrected chi connectivity index (χ4v) is 2.21. The Labute approximate surface area is 104 Å². The molecule has 0 spiro atoms. The van der Waals surface area contributed by atoms with Gasteiger partial charge >= 0.3 is 0 Å². The highest BCUT2D eigenvalue weighted by Gasteiger charge is 2.08. The smallest absolute Gasteiger partial charge is 0.238 e. The number of halogens is 2. The lowest BCUT2D eigenvalue weighted by atomic mass is 10.2. The molecule has 2 rings (SSSR count). The van der Waals surface area contributed by atoms with Crippen molar-refractivity contribution < 1.29 is 8.42 Å². The first-order valence-electron chi connectivity index (χ1n) is 4.32. The third kappa shape index (κ3) is 3.33. The van der Waals surface area contributed by atoms with Gasteiger partial charge in [-0.15, -0.1) is 12.4 Å². The molecule has 0 aliphatic heterocycles. The average Bonchev–Trinajstić information content (AvgIpc) is 2.15. The van der Waals surface area contributed by atoms with Crippen molar-refractivity contribution in [3.8, 4) is 0 Å². The van der Waals surface area contributed by atoms with E-state index in [-0.39, 0.29) is 18.2 Å². The molecule has 86 valence electrons. The Morgan fingerprint density at radius 3 is 2.50 bits per heavy atom. The van der Waals surface area contributed by atoms with Crippen LogP contribution in [0.1, 0.15) is 5.69 Å². The van der Waals surface area contributed by atoms with Crippen LogP contribution in [0.2, 0.25) is 0 Å². The lowest BCUT2D eigenvalue weighted by Gasteiger charge is -2.00. The minimum atomic E-state index is -3.54. The molecule has 0 N–H and O–H groups in total. The van der Waals surface area contributed by atoms with Crippen LogP contribution in [0.15, 0.2) is 36.4 Å². The van der Waals surface area contributed by atoms with Gasteiger partial charge in [-0.1, -0.05) is 24.3 Å². The van der Waals surface area contributed by atoms with Crippen molar-refractivity contribution in [1.82, 2.24) is 4.98 Å². The van der Waals surface area contributed by atoms with E-state index in [1.54, 1.807) is 6.07 Å². The minimum Gasteiger partial charge on any atom is -0.252 e. The highest BCUT2D eigenvalue weighted by molar-refractivity contribution is 8.13. The zero-order valence-corrected chi connectivity index (χ0v) is 10.5. The van der Waals surface area contributed by atoms with Gasteiger partial charge in [0, 0.05) is 16.1 Å². The van der Waals surface area contributed by atoms with Gasteiger partial charge < -0.3 is 0 Å². The molecule has 0 saturated heterocycles. The largest absolute Gasteiger partial charge is 0.252 e. The van der Waals surface area contributed by atoms with Crippen LogP contribution in [-0.2, 0) is 14.8 Å².